The molecule has 2 nitrogen and oxygen atoms in total. The molecule has 10 aromatic rings. The van der Waals surface area contributed by atoms with Crippen molar-refractivity contribution in [3.05, 3.63) is 254 Å². The molecule has 0 spiro atoms. The van der Waals surface area contributed by atoms with Crippen molar-refractivity contribution in [2.45, 2.75) is 19.3 Å². The average Bonchev–Trinajstić information content (AvgIpc) is 3.57. The van der Waals surface area contributed by atoms with E-state index in [0.29, 0.717) is 0 Å². The molecule has 11 rings (SSSR count). The maximum atomic E-state index is 2.49. The van der Waals surface area contributed by atoms with Gasteiger partial charge in [-0.1, -0.05) is 196 Å². The molecule has 300 valence electrons. The van der Waals surface area contributed by atoms with Gasteiger partial charge < -0.3 is 9.80 Å². The van der Waals surface area contributed by atoms with Gasteiger partial charge in [-0.05, 0) is 122 Å². The summed E-state index contributed by atoms with van der Waals surface area (Å²) in [5.41, 5.74) is 18.7. The van der Waals surface area contributed by atoms with E-state index in [-0.39, 0.29) is 5.41 Å². The highest BCUT2D eigenvalue weighted by atomic mass is 15.2. The summed E-state index contributed by atoms with van der Waals surface area (Å²) in [6.45, 7) is 4.73. The normalized spacial score (nSPS) is 12.4. The summed E-state index contributed by atoms with van der Waals surface area (Å²) in [5, 5.41) is 2.44. The minimum atomic E-state index is -0.174. The zero-order chi connectivity index (χ0) is 42.3. The number of rotatable bonds is 9. The second kappa shape index (κ2) is 15.8. The topological polar surface area (TPSA) is 6.48 Å². The molecule has 0 N–H and O–H groups in total. The lowest BCUT2D eigenvalue weighted by Crippen LogP contribution is -2.17. The SMILES string of the molecule is CC1(C)c2ccccc2-c2ccc(N(c3cc(-c4ccc5ccccc5c4-c4ccccc4)cc(N(c4ccccc4)c4ccccc4)c3)c3ccccc3-c3ccccc3)cc21. The van der Waals surface area contributed by atoms with Crippen LogP contribution in [-0.4, -0.2) is 0 Å². The summed E-state index contributed by atoms with van der Waals surface area (Å²) in [6, 6.07) is 88.5. The van der Waals surface area contributed by atoms with Gasteiger partial charge in [0.05, 0.1) is 5.69 Å². The highest BCUT2D eigenvalue weighted by Crippen LogP contribution is 2.52. The van der Waals surface area contributed by atoms with Crippen LogP contribution in [0.3, 0.4) is 0 Å². The predicted molar refractivity (Wildman–Crippen MR) is 267 cm³/mol. The first kappa shape index (κ1) is 38.0. The van der Waals surface area contributed by atoms with Crippen molar-refractivity contribution >= 4 is 44.9 Å². The summed E-state index contributed by atoms with van der Waals surface area (Å²) in [5.74, 6) is 0. The molecule has 0 fully saturated rings. The van der Waals surface area contributed by atoms with E-state index >= 15 is 0 Å². The summed E-state index contributed by atoms with van der Waals surface area (Å²) >= 11 is 0. The Hall–Kier alpha value is -7.94. The van der Waals surface area contributed by atoms with Crippen molar-refractivity contribution in [3.63, 3.8) is 0 Å². The quantitative estimate of drug-likeness (QED) is 0.143. The van der Waals surface area contributed by atoms with Crippen molar-refractivity contribution < 1.29 is 0 Å². The predicted octanol–water partition coefficient (Wildman–Crippen LogP) is 17.1. The zero-order valence-electron chi connectivity index (χ0n) is 35.5. The Kier molecular flexibility index (Phi) is 9.55. The Bertz CT molecular complexity index is 3210. The van der Waals surface area contributed by atoms with E-state index < -0.39 is 0 Å². The van der Waals surface area contributed by atoms with E-state index in [1.165, 1.54) is 55.3 Å². The van der Waals surface area contributed by atoms with Crippen molar-refractivity contribution in [2.75, 3.05) is 9.80 Å². The van der Waals surface area contributed by atoms with Gasteiger partial charge in [-0.15, -0.1) is 0 Å². The maximum absolute atomic E-state index is 2.49. The highest BCUT2D eigenvalue weighted by Gasteiger charge is 2.36. The van der Waals surface area contributed by atoms with Gasteiger partial charge >= 0.3 is 0 Å². The number of hydrogen-bond donors (Lipinski definition) is 0. The molecular weight excluding hydrogens is 761 g/mol. The highest BCUT2D eigenvalue weighted by molar-refractivity contribution is 6.05. The second-order valence-electron chi connectivity index (χ2n) is 16.9. The van der Waals surface area contributed by atoms with Gasteiger partial charge in [0, 0.05) is 39.4 Å². The molecule has 1 aliphatic rings. The van der Waals surface area contributed by atoms with Gasteiger partial charge in [0.25, 0.3) is 0 Å². The molecule has 0 atom stereocenters. The van der Waals surface area contributed by atoms with Crippen LogP contribution < -0.4 is 9.80 Å². The number of benzene rings is 10. The van der Waals surface area contributed by atoms with Gasteiger partial charge in [-0.2, -0.15) is 0 Å². The first-order valence-electron chi connectivity index (χ1n) is 21.8. The minimum Gasteiger partial charge on any atom is -0.310 e. The van der Waals surface area contributed by atoms with E-state index in [0.717, 1.165) is 45.3 Å². The summed E-state index contributed by atoms with van der Waals surface area (Å²) in [6.07, 6.45) is 0. The number of nitrogens with zero attached hydrogens (tertiary/aromatic N) is 2. The molecule has 0 unspecified atom stereocenters. The lowest BCUT2D eigenvalue weighted by atomic mass is 9.82. The number of para-hydroxylation sites is 3. The van der Waals surface area contributed by atoms with Gasteiger partial charge in [0.15, 0.2) is 0 Å². The van der Waals surface area contributed by atoms with E-state index in [2.05, 4.69) is 266 Å². The molecule has 0 heterocycles. The zero-order valence-corrected chi connectivity index (χ0v) is 35.5. The summed E-state index contributed by atoms with van der Waals surface area (Å²) in [7, 11) is 0. The fourth-order valence-electron chi connectivity index (χ4n) is 9.83. The van der Waals surface area contributed by atoms with Crippen LogP contribution in [0.15, 0.2) is 243 Å². The van der Waals surface area contributed by atoms with Crippen LogP contribution in [0.2, 0.25) is 0 Å². The molecule has 0 amide bonds. The molecule has 0 radical (unpaired) electrons. The molecule has 63 heavy (non-hydrogen) atoms. The third kappa shape index (κ3) is 6.77. The first-order valence-corrected chi connectivity index (χ1v) is 21.8. The largest absolute Gasteiger partial charge is 0.310 e. The summed E-state index contributed by atoms with van der Waals surface area (Å²) in [4.78, 5) is 4.88. The molecule has 0 saturated heterocycles. The Balaban J connectivity index is 1.23. The van der Waals surface area contributed by atoms with Crippen molar-refractivity contribution in [2.24, 2.45) is 0 Å². The number of hydrogen-bond acceptors (Lipinski definition) is 2. The molecule has 1 aliphatic carbocycles. The lowest BCUT2D eigenvalue weighted by Gasteiger charge is -2.32. The summed E-state index contributed by atoms with van der Waals surface area (Å²) < 4.78 is 0. The molecule has 2 heteroatoms. The molecule has 0 saturated carbocycles. The second-order valence-corrected chi connectivity index (χ2v) is 16.9. The van der Waals surface area contributed by atoms with E-state index in [1.54, 1.807) is 0 Å². The Morgan fingerprint density at radius 1 is 0.302 bits per heavy atom. The van der Waals surface area contributed by atoms with Crippen LogP contribution in [0, 0.1) is 0 Å². The van der Waals surface area contributed by atoms with Crippen molar-refractivity contribution in [1.29, 1.82) is 0 Å². The molecule has 0 aliphatic heterocycles. The van der Waals surface area contributed by atoms with Gasteiger partial charge in [-0.3, -0.25) is 0 Å². The van der Waals surface area contributed by atoms with Crippen LogP contribution in [0.5, 0.6) is 0 Å². The van der Waals surface area contributed by atoms with E-state index in [9.17, 15) is 0 Å². The van der Waals surface area contributed by atoms with E-state index in [1.807, 2.05) is 0 Å². The van der Waals surface area contributed by atoms with Crippen LogP contribution in [0.4, 0.5) is 34.1 Å². The third-order valence-corrected chi connectivity index (χ3v) is 12.8. The third-order valence-electron chi connectivity index (χ3n) is 12.8. The Morgan fingerprint density at radius 2 is 0.825 bits per heavy atom. The monoisotopic (exact) mass is 806 g/mol. The first-order chi connectivity index (χ1) is 31.0. The van der Waals surface area contributed by atoms with Crippen LogP contribution >= 0.6 is 0 Å². The van der Waals surface area contributed by atoms with Crippen molar-refractivity contribution in [1.82, 2.24) is 0 Å². The molecule has 0 bridgehead atoms. The molecule has 0 aromatic heterocycles. The van der Waals surface area contributed by atoms with E-state index in [4.69, 9.17) is 0 Å². The average molecular weight is 807 g/mol. The van der Waals surface area contributed by atoms with Crippen LogP contribution in [-0.2, 0) is 5.41 Å². The number of fused-ring (bicyclic) bond motifs is 4. The fraction of sp³-hybridized carbons (Fsp3) is 0.0492. The van der Waals surface area contributed by atoms with Crippen LogP contribution in [0.25, 0.3) is 55.3 Å². The number of anilines is 6. The molecular formula is C61H46N2. The standard InChI is InChI=1S/C61H46N2/c1-61(2)57-33-19-17-32-55(57)56-38-36-49(42-58(56)61)63(59-34-20-18-30-52(59)43-21-7-3-8-22-43)51-40-46(39-50(41-51)62(47-26-11-5-12-27-47)48-28-13-6-14-29-48)54-37-35-44-23-15-16-31-53(44)60(54)45-24-9-4-10-25-45/h3-42H,1-2H3. The maximum Gasteiger partial charge on any atom is 0.0540 e. The van der Waals surface area contributed by atoms with Crippen molar-refractivity contribution in [3.8, 4) is 44.5 Å². The lowest BCUT2D eigenvalue weighted by molar-refractivity contribution is 0.660. The smallest absolute Gasteiger partial charge is 0.0540 e. The van der Waals surface area contributed by atoms with Gasteiger partial charge in [-0.25, -0.2) is 0 Å². The van der Waals surface area contributed by atoms with Gasteiger partial charge in [0.1, 0.15) is 0 Å². The Morgan fingerprint density at radius 3 is 1.52 bits per heavy atom. The molecule has 10 aromatic carbocycles. The Labute approximate surface area is 370 Å². The van der Waals surface area contributed by atoms with Crippen LogP contribution in [0.1, 0.15) is 25.0 Å². The fourth-order valence-corrected chi connectivity index (χ4v) is 9.83. The van der Waals surface area contributed by atoms with Gasteiger partial charge in [0.2, 0.25) is 0 Å². The minimum absolute atomic E-state index is 0.174.